The molecule has 7 heteroatoms. The van der Waals surface area contributed by atoms with Gasteiger partial charge in [0.2, 0.25) is 0 Å². The molecule has 0 saturated heterocycles. The van der Waals surface area contributed by atoms with E-state index in [1.807, 2.05) is 62.4 Å². The molecule has 0 aliphatic rings. The maximum atomic E-state index is 12.0. The Morgan fingerprint density at radius 3 is 2.62 bits per heavy atom. The third-order valence-corrected chi connectivity index (χ3v) is 4.22. The van der Waals surface area contributed by atoms with E-state index >= 15 is 0 Å². The van der Waals surface area contributed by atoms with Gasteiger partial charge in [0, 0.05) is 5.69 Å². The zero-order chi connectivity index (χ0) is 20.6. The molecule has 3 aromatic rings. The van der Waals surface area contributed by atoms with Gasteiger partial charge in [0.25, 0.3) is 5.91 Å². The molecule has 2 aromatic carbocycles. The molecule has 0 fully saturated rings. The second-order valence-corrected chi connectivity index (χ2v) is 6.56. The van der Waals surface area contributed by atoms with Gasteiger partial charge in [-0.1, -0.05) is 30.3 Å². The Morgan fingerprint density at radius 2 is 1.93 bits per heavy atom. The first-order chi connectivity index (χ1) is 14.0. The van der Waals surface area contributed by atoms with E-state index in [1.165, 1.54) is 0 Å². The van der Waals surface area contributed by atoms with Crippen LogP contribution in [0.4, 0.5) is 0 Å². The molecule has 0 aliphatic carbocycles. The normalized spacial score (nSPS) is 10.9. The standard InChI is InChI=1S/C22H24N4O3/c1-16-11-17(2)26(25-16)14-22(27)24-23-13-19-9-10-20(21(12-19)28-3)29-15-18-7-5-4-6-8-18/h4-13H,14-15H2,1-3H3,(H,24,27)/b23-13-. The summed E-state index contributed by atoms with van der Waals surface area (Å²) in [6.07, 6.45) is 1.56. The van der Waals surface area contributed by atoms with Crippen LogP contribution in [0.2, 0.25) is 0 Å². The van der Waals surface area contributed by atoms with Crippen LogP contribution in [0, 0.1) is 13.8 Å². The Labute approximate surface area is 170 Å². The third-order valence-electron chi connectivity index (χ3n) is 4.22. The zero-order valence-electron chi connectivity index (χ0n) is 16.8. The van der Waals surface area contributed by atoms with Gasteiger partial charge in [-0.05, 0) is 49.2 Å². The van der Waals surface area contributed by atoms with E-state index in [9.17, 15) is 4.79 Å². The van der Waals surface area contributed by atoms with Crippen LogP contribution in [0.5, 0.6) is 11.5 Å². The molecule has 150 valence electrons. The topological polar surface area (TPSA) is 77.7 Å². The number of methoxy groups -OCH3 is 1. The number of hydrazone groups is 1. The molecule has 29 heavy (non-hydrogen) atoms. The van der Waals surface area contributed by atoms with Gasteiger partial charge in [0.1, 0.15) is 13.2 Å². The van der Waals surface area contributed by atoms with Crippen molar-refractivity contribution in [1.82, 2.24) is 15.2 Å². The van der Waals surface area contributed by atoms with Crippen molar-refractivity contribution in [3.8, 4) is 11.5 Å². The maximum Gasteiger partial charge on any atom is 0.261 e. The molecule has 0 radical (unpaired) electrons. The maximum absolute atomic E-state index is 12.0. The lowest BCUT2D eigenvalue weighted by Gasteiger charge is -2.11. The molecule has 0 atom stereocenters. The highest BCUT2D eigenvalue weighted by atomic mass is 16.5. The molecule has 1 amide bonds. The number of nitrogens with zero attached hydrogens (tertiary/aromatic N) is 3. The molecule has 0 saturated carbocycles. The number of carbonyl (C=O) groups excluding carboxylic acids is 1. The van der Waals surface area contributed by atoms with Crippen LogP contribution in [-0.4, -0.2) is 29.0 Å². The minimum Gasteiger partial charge on any atom is -0.493 e. The van der Waals surface area contributed by atoms with Gasteiger partial charge >= 0.3 is 0 Å². The van der Waals surface area contributed by atoms with Gasteiger partial charge in [-0.25, -0.2) is 5.43 Å². The predicted molar refractivity (Wildman–Crippen MR) is 111 cm³/mol. The Hall–Kier alpha value is -3.61. The second-order valence-electron chi connectivity index (χ2n) is 6.56. The molecule has 0 bridgehead atoms. The first-order valence-electron chi connectivity index (χ1n) is 9.23. The summed E-state index contributed by atoms with van der Waals surface area (Å²) in [7, 11) is 1.59. The number of ether oxygens (including phenoxy) is 2. The van der Waals surface area contributed by atoms with Gasteiger partial charge in [0.15, 0.2) is 11.5 Å². The number of hydrogen-bond acceptors (Lipinski definition) is 5. The largest absolute Gasteiger partial charge is 0.493 e. The van der Waals surface area contributed by atoms with Gasteiger partial charge in [0.05, 0.1) is 19.0 Å². The average Bonchev–Trinajstić information content (AvgIpc) is 3.04. The van der Waals surface area contributed by atoms with E-state index in [0.717, 1.165) is 22.5 Å². The summed E-state index contributed by atoms with van der Waals surface area (Å²) < 4.78 is 12.9. The molecule has 1 N–H and O–H groups in total. The summed E-state index contributed by atoms with van der Waals surface area (Å²) >= 11 is 0. The number of nitrogens with one attached hydrogen (secondary N) is 1. The highest BCUT2D eigenvalue weighted by Crippen LogP contribution is 2.28. The van der Waals surface area contributed by atoms with Crippen LogP contribution in [0.3, 0.4) is 0 Å². The minimum atomic E-state index is -0.248. The lowest BCUT2D eigenvalue weighted by molar-refractivity contribution is -0.121. The van der Waals surface area contributed by atoms with Gasteiger partial charge in [-0.3, -0.25) is 9.48 Å². The molecule has 1 aromatic heterocycles. The Morgan fingerprint density at radius 1 is 1.14 bits per heavy atom. The number of aromatic nitrogens is 2. The molecular formula is C22H24N4O3. The van der Waals surface area contributed by atoms with Crippen LogP contribution in [0.15, 0.2) is 59.7 Å². The summed E-state index contributed by atoms with van der Waals surface area (Å²) in [4.78, 5) is 12.0. The third kappa shape index (κ3) is 5.68. The van der Waals surface area contributed by atoms with E-state index in [-0.39, 0.29) is 12.5 Å². The Balaban J connectivity index is 1.57. The van der Waals surface area contributed by atoms with Gasteiger partial charge in [-0.15, -0.1) is 0 Å². The molecule has 0 unspecified atom stereocenters. The molecule has 0 aliphatic heterocycles. The first-order valence-corrected chi connectivity index (χ1v) is 9.23. The van der Waals surface area contributed by atoms with Gasteiger partial charge in [-0.2, -0.15) is 10.2 Å². The fourth-order valence-corrected chi connectivity index (χ4v) is 2.80. The Kier molecular flexibility index (Phi) is 6.63. The zero-order valence-corrected chi connectivity index (χ0v) is 16.8. The molecular weight excluding hydrogens is 368 g/mol. The number of carbonyl (C=O) groups is 1. The van der Waals surface area contributed by atoms with E-state index in [4.69, 9.17) is 9.47 Å². The fourth-order valence-electron chi connectivity index (χ4n) is 2.80. The molecule has 1 heterocycles. The van der Waals surface area contributed by atoms with Crippen LogP contribution in [-0.2, 0) is 17.9 Å². The quantitative estimate of drug-likeness (QED) is 0.472. The van der Waals surface area contributed by atoms with E-state index in [1.54, 1.807) is 24.1 Å². The smallest absolute Gasteiger partial charge is 0.261 e. The van der Waals surface area contributed by atoms with Crippen molar-refractivity contribution in [2.75, 3.05) is 7.11 Å². The van der Waals surface area contributed by atoms with Crippen LogP contribution < -0.4 is 14.9 Å². The predicted octanol–water partition coefficient (Wildman–Crippen LogP) is 3.24. The minimum absolute atomic E-state index is 0.118. The van der Waals surface area contributed by atoms with Crippen molar-refractivity contribution in [2.45, 2.75) is 27.0 Å². The highest BCUT2D eigenvalue weighted by Gasteiger charge is 2.07. The summed E-state index contributed by atoms with van der Waals surface area (Å²) in [5.74, 6) is 0.989. The fraction of sp³-hybridized carbons (Fsp3) is 0.227. The summed E-state index contributed by atoms with van der Waals surface area (Å²) in [5, 5.41) is 8.27. The first kappa shape index (κ1) is 20.1. The molecule has 7 nitrogen and oxygen atoms in total. The highest BCUT2D eigenvalue weighted by molar-refractivity contribution is 5.83. The van der Waals surface area contributed by atoms with Crippen molar-refractivity contribution in [2.24, 2.45) is 5.10 Å². The lowest BCUT2D eigenvalue weighted by atomic mass is 10.2. The van der Waals surface area contributed by atoms with Crippen molar-refractivity contribution < 1.29 is 14.3 Å². The number of benzene rings is 2. The Bertz CT molecular complexity index is 997. The van der Waals surface area contributed by atoms with Crippen LogP contribution >= 0.6 is 0 Å². The monoisotopic (exact) mass is 392 g/mol. The number of rotatable bonds is 8. The lowest BCUT2D eigenvalue weighted by Crippen LogP contribution is -2.24. The van der Waals surface area contributed by atoms with Crippen LogP contribution in [0.25, 0.3) is 0 Å². The summed E-state index contributed by atoms with van der Waals surface area (Å²) in [6, 6.07) is 17.3. The number of amides is 1. The molecule has 3 rings (SSSR count). The van der Waals surface area contributed by atoms with Crippen molar-refractivity contribution in [3.05, 3.63) is 77.1 Å². The second kappa shape index (κ2) is 9.54. The average molecular weight is 392 g/mol. The van der Waals surface area contributed by atoms with Crippen molar-refractivity contribution >= 4 is 12.1 Å². The van der Waals surface area contributed by atoms with E-state index in [0.29, 0.717) is 18.1 Å². The summed E-state index contributed by atoms with van der Waals surface area (Å²) in [5.41, 5.74) is 6.17. The summed E-state index contributed by atoms with van der Waals surface area (Å²) in [6.45, 7) is 4.37. The SMILES string of the molecule is COc1cc(/C=N\NC(=O)Cn2nc(C)cc2C)ccc1OCc1ccccc1. The van der Waals surface area contributed by atoms with Crippen molar-refractivity contribution in [1.29, 1.82) is 0 Å². The van der Waals surface area contributed by atoms with Crippen LogP contribution in [0.1, 0.15) is 22.5 Å². The van der Waals surface area contributed by atoms with E-state index < -0.39 is 0 Å². The van der Waals surface area contributed by atoms with E-state index in [2.05, 4.69) is 15.6 Å². The van der Waals surface area contributed by atoms with Gasteiger partial charge < -0.3 is 9.47 Å². The molecule has 0 spiro atoms. The number of aryl methyl sites for hydroxylation is 2. The number of hydrogen-bond donors (Lipinski definition) is 1. The van der Waals surface area contributed by atoms with Crippen molar-refractivity contribution in [3.63, 3.8) is 0 Å².